The van der Waals surface area contributed by atoms with Crippen molar-refractivity contribution in [1.82, 2.24) is 4.72 Å². The molecule has 0 spiro atoms. The maximum absolute atomic E-state index is 12.8. The molecule has 0 atom stereocenters. The third-order valence-corrected chi connectivity index (χ3v) is 4.82. The summed E-state index contributed by atoms with van der Waals surface area (Å²) in [5, 5.41) is 11.0. The Labute approximate surface area is 133 Å². The zero-order valence-corrected chi connectivity index (χ0v) is 13.2. The average Bonchev–Trinajstić information content (AvgIpc) is 2.49. The van der Waals surface area contributed by atoms with Crippen LogP contribution in [-0.2, 0) is 16.4 Å². The molecule has 7 heteroatoms. The van der Waals surface area contributed by atoms with E-state index in [-0.39, 0.29) is 22.8 Å². The Morgan fingerprint density at radius 1 is 1.17 bits per heavy atom. The minimum Gasteiger partial charge on any atom is -0.545 e. The van der Waals surface area contributed by atoms with Gasteiger partial charge in [0.2, 0.25) is 10.0 Å². The molecule has 0 aliphatic heterocycles. The minimum absolute atomic E-state index is 0.114. The van der Waals surface area contributed by atoms with Crippen LogP contribution < -0.4 is 9.83 Å². The molecule has 0 aromatic heterocycles. The molecule has 1 N–H and O–H groups in total. The Hall–Kier alpha value is -2.25. The van der Waals surface area contributed by atoms with Gasteiger partial charge in [0, 0.05) is 12.1 Å². The standard InChI is InChI=1S/C16H16FNO4S/c1-11-2-7-14(10-15(11)16(19)20)23(21,22)18-9-8-12-3-5-13(17)6-4-12/h2-7,10,18H,8-9H2,1H3,(H,19,20)/p-1. The normalized spacial score (nSPS) is 11.4. The lowest BCUT2D eigenvalue weighted by atomic mass is 10.1. The van der Waals surface area contributed by atoms with Gasteiger partial charge in [-0.15, -0.1) is 0 Å². The number of carboxylic acids is 1. The Bertz CT molecular complexity index is 816. The van der Waals surface area contributed by atoms with E-state index in [1.165, 1.54) is 24.3 Å². The second kappa shape index (κ2) is 6.89. The molecular weight excluding hydrogens is 321 g/mol. The van der Waals surface area contributed by atoms with E-state index in [1.807, 2.05) is 0 Å². The van der Waals surface area contributed by atoms with Crippen LogP contribution in [0.25, 0.3) is 0 Å². The largest absolute Gasteiger partial charge is 0.545 e. The molecule has 0 amide bonds. The van der Waals surface area contributed by atoms with Gasteiger partial charge in [-0.1, -0.05) is 18.2 Å². The van der Waals surface area contributed by atoms with E-state index in [0.29, 0.717) is 12.0 Å². The molecule has 0 heterocycles. The quantitative estimate of drug-likeness (QED) is 0.853. The number of aromatic carboxylic acids is 1. The van der Waals surface area contributed by atoms with Crippen LogP contribution in [-0.4, -0.2) is 20.9 Å². The molecule has 23 heavy (non-hydrogen) atoms. The summed E-state index contributed by atoms with van der Waals surface area (Å²) in [7, 11) is -3.83. The van der Waals surface area contributed by atoms with E-state index in [4.69, 9.17) is 0 Å². The first-order chi connectivity index (χ1) is 10.8. The Morgan fingerprint density at radius 3 is 2.43 bits per heavy atom. The smallest absolute Gasteiger partial charge is 0.240 e. The zero-order chi connectivity index (χ0) is 17.0. The van der Waals surface area contributed by atoms with Crippen molar-refractivity contribution in [2.45, 2.75) is 18.2 Å². The fourth-order valence-electron chi connectivity index (χ4n) is 2.05. The van der Waals surface area contributed by atoms with Crippen LogP contribution in [0.5, 0.6) is 0 Å². The van der Waals surface area contributed by atoms with Gasteiger partial charge in [0.25, 0.3) is 0 Å². The summed E-state index contributed by atoms with van der Waals surface area (Å²) in [5.41, 5.74) is 1.05. The van der Waals surface area contributed by atoms with Crippen molar-refractivity contribution in [3.63, 3.8) is 0 Å². The Balaban J connectivity index is 2.08. The zero-order valence-electron chi connectivity index (χ0n) is 12.4. The summed E-state index contributed by atoms with van der Waals surface area (Å²) < 4.78 is 39.5. The lowest BCUT2D eigenvalue weighted by molar-refractivity contribution is -0.255. The molecule has 0 aliphatic rings. The molecule has 2 aromatic rings. The molecule has 0 radical (unpaired) electrons. The third kappa shape index (κ3) is 4.37. The molecule has 0 fully saturated rings. The molecule has 0 aliphatic carbocycles. The van der Waals surface area contributed by atoms with Crippen molar-refractivity contribution >= 4 is 16.0 Å². The van der Waals surface area contributed by atoms with E-state index in [2.05, 4.69) is 4.72 Å². The first-order valence-electron chi connectivity index (χ1n) is 6.86. The summed E-state index contributed by atoms with van der Waals surface area (Å²) >= 11 is 0. The molecular formula is C16H15FNO4S-. The number of hydrogen-bond acceptors (Lipinski definition) is 4. The van der Waals surface area contributed by atoms with Gasteiger partial charge in [-0.05, 0) is 48.7 Å². The van der Waals surface area contributed by atoms with Crippen molar-refractivity contribution in [2.75, 3.05) is 6.54 Å². The summed E-state index contributed by atoms with van der Waals surface area (Å²) in [5.74, 6) is -1.78. The maximum Gasteiger partial charge on any atom is 0.240 e. The lowest BCUT2D eigenvalue weighted by Crippen LogP contribution is -2.27. The Morgan fingerprint density at radius 2 is 1.83 bits per heavy atom. The van der Waals surface area contributed by atoms with Gasteiger partial charge >= 0.3 is 0 Å². The lowest BCUT2D eigenvalue weighted by Gasteiger charge is -2.11. The van der Waals surface area contributed by atoms with E-state index in [0.717, 1.165) is 11.6 Å². The number of nitrogens with one attached hydrogen (secondary N) is 1. The first-order valence-corrected chi connectivity index (χ1v) is 8.34. The van der Waals surface area contributed by atoms with E-state index in [9.17, 15) is 22.7 Å². The topological polar surface area (TPSA) is 86.3 Å². The molecule has 0 unspecified atom stereocenters. The molecule has 0 saturated carbocycles. The number of carbonyl (C=O) groups is 1. The first kappa shape index (κ1) is 17.1. The predicted molar refractivity (Wildman–Crippen MR) is 80.8 cm³/mol. The number of aryl methyl sites for hydroxylation is 1. The second-order valence-corrected chi connectivity index (χ2v) is 6.81. The van der Waals surface area contributed by atoms with Crippen LogP contribution in [0.1, 0.15) is 21.5 Å². The number of rotatable bonds is 6. The van der Waals surface area contributed by atoms with Crippen molar-refractivity contribution in [3.8, 4) is 0 Å². The van der Waals surface area contributed by atoms with E-state index < -0.39 is 16.0 Å². The van der Waals surface area contributed by atoms with Crippen LogP contribution in [0.15, 0.2) is 47.4 Å². The molecule has 0 bridgehead atoms. The highest BCUT2D eigenvalue weighted by molar-refractivity contribution is 7.89. The molecule has 5 nitrogen and oxygen atoms in total. The highest BCUT2D eigenvalue weighted by Crippen LogP contribution is 2.15. The molecule has 2 rings (SSSR count). The van der Waals surface area contributed by atoms with Gasteiger partial charge in [-0.25, -0.2) is 17.5 Å². The van der Waals surface area contributed by atoms with Crippen molar-refractivity contribution in [1.29, 1.82) is 0 Å². The SMILES string of the molecule is Cc1ccc(S(=O)(=O)NCCc2ccc(F)cc2)cc1C(=O)[O-]. The van der Waals surface area contributed by atoms with Crippen molar-refractivity contribution in [2.24, 2.45) is 0 Å². The maximum atomic E-state index is 12.8. The van der Waals surface area contributed by atoms with E-state index in [1.54, 1.807) is 19.1 Å². The van der Waals surface area contributed by atoms with Crippen LogP contribution in [0, 0.1) is 12.7 Å². The molecule has 0 saturated heterocycles. The summed E-state index contributed by atoms with van der Waals surface area (Å²) in [6.07, 6.45) is 0.388. The fourth-order valence-corrected chi connectivity index (χ4v) is 3.11. The van der Waals surface area contributed by atoms with Gasteiger partial charge in [-0.3, -0.25) is 0 Å². The summed E-state index contributed by atoms with van der Waals surface area (Å²) in [4.78, 5) is 10.8. The van der Waals surface area contributed by atoms with Crippen LogP contribution in [0.4, 0.5) is 4.39 Å². The number of carbonyl (C=O) groups excluding carboxylic acids is 1. The summed E-state index contributed by atoms with van der Waals surface area (Å²) in [6.45, 7) is 1.67. The highest BCUT2D eigenvalue weighted by atomic mass is 32.2. The second-order valence-electron chi connectivity index (χ2n) is 5.04. The number of halogens is 1. The molecule has 122 valence electrons. The van der Waals surface area contributed by atoms with Gasteiger partial charge < -0.3 is 9.90 Å². The number of hydrogen-bond donors (Lipinski definition) is 1. The molecule has 2 aromatic carbocycles. The minimum atomic E-state index is -3.83. The highest BCUT2D eigenvalue weighted by Gasteiger charge is 2.15. The van der Waals surface area contributed by atoms with Crippen molar-refractivity contribution in [3.05, 3.63) is 65.0 Å². The summed E-state index contributed by atoms with van der Waals surface area (Å²) in [6, 6.07) is 9.58. The van der Waals surface area contributed by atoms with Crippen LogP contribution in [0.2, 0.25) is 0 Å². The third-order valence-electron chi connectivity index (χ3n) is 3.36. The van der Waals surface area contributed by atoms with Crippen LogP contribution >= 0.6 is 0 Å². The van der Waals surface area contributed by atoms with Crippen LogP contribution in [0.3, 0.4) is 0 Å². The Kier molecular flexibility index (Phi) is 5.12. The van der Waals surface area contributed by atoms with Gasteiger partial charge in [0.15, 0.2) is 0 Å². The van der Waals surface area contributed by atoms with Crippen molar-refractivity contribution < 1.29 is 22.7 Å². The van der Waals surface area contributed by atoms with Gasteiger partial charge in [0.1, 0.15) is 5.82 Å². The predicted octanol–water partition coefficient (Wildman–Crippen LogP) is 1.02. The van der Waals surface area contributed by atoms with Gasteiger partial charge in [0.05, 0.1) is 10.9 Å². The average molecular weight is 336 g/mol. The van der Waals surface area contributed by atoms with Gasteiger partial charge in [-0.2, -0.15) is 0 Å². The number of carboxylic acid groups (broad SMARTS) is 1. The fraction of sp³-hybridized carbons (Fsp3) is 0.188. The monoisotopic (exact) mass is 336 g/mol. The number of benzene rings is 2. The van der Waals surface area contributed by atoms with E-state index >= 15 is 0 Å². The number of sulfonamides is 1.